The average Bonchev–Trinajstić information content (AvgIpc) is 2.72. The Morgan fingerprint density at radius 1 is 0.828 bits per heavy atom. The molecule has 3 rings (SSSR count). The van der Waals surface area contributed by atoms with Crippen LogP contribution in [-0.2, 0) is 22.5 Å². The highest BCUT2D eigenvalue weighted by atomic mass is 32.2. The molecule has 150 valence electrons. The molecule has 0 heterocycles. The first-order valence-corrected chi connectivity index (χ1v) is 10.5. The van der Waals surface area contributed by atoms with Gasteiger partial charge in [-0.25, -0.2) is 0 Å². The second-order valence-corrected chi connectivity index (χ2v) is 7.34. The Bertz CT molecular complexity index is 1030. The molecule has 3 aromatic rings. The van der Waals surface area contributed by atoms with Crippen LogP contribution in [0.25, 0.3) is 6.08 Å². The Kier molecular flexibility index (Phi) is 6.88. The zero-order valence-electron chi connectivity index (χ0n) is 15.1. The highest BCUT2D eigenvalue weighted by Gasteiger charge is 2.10. The van der Waals surface area contributed by atoms with Gasteiger partial charge < -0.3 is 13.5 Å². The molecule has 0 fully saturated rings. The molecular formula is C20H18N2O5S2. The van der Waals surface area contributed by atoms with Gasteiger partial charge in [-0.15, -0.1) is 0 Å². The molecule has 3 aromatic carbocycles. The number of nitrogens with one attached hydrogen (secondary N) is 2. The fraction of sp³-hybridized carbons (Fsp3) is 0. The van der Waals surface area contributed by atoms with Crippen LogP contribution in [0.4, 0.5) is 11.4 Å². The van der Waals surface area contributed by atoms with Gasteiger partial charge in [-0.3, -0.25) is 9.44 Å². The van der Waals surface area contributed by atoms with E-state index in [1.165, 1.54) is 18.2 Å². The van der Waals surface area contributed by atoms with Crippen molar-refractivity contribution in [3.05, 3.63) is 84.9 Å². The molecule has 0 aliphatic heterocycles. The van der Waals surface area contributed by atoms with Gasteiger partial charge in [0.25, 0.3) is 0 Å². The Morgan fingerprint density at radius 2 is 1.45 bits per heavy atom. The van der Waals surface area contributed by atoms with Crippen molar-refractivity contribution in [1.82, 2.24) is 0 Å². The van der Waals surface area contributed by atoms with E-state index in [-0.39, 0.29) is 11.4 Å². The number of anilines is 2. The molecule has 9 heteroatoms. The summed E-state index contributed by atoms with van der Waals surface area (Å²) < 4.78 is 40.0. The molecule has 0 radical (unpaired) electrons. The van der Waals surface area contributed by atoms with E-state index in [0.717, 1.165) is 5.56 Å². The van der Waals surface area contributed by atoms with Crippen molar-refractivity contribution in [3.8, 4) is 17.2 Å². The van der Waals surface area contributed by atoms with E-state index in [1.54, 1.807) is 60.7 Å². The van der Waals surface area contributed by atoms with Crippen molar-refractivity contribution in [2.75, 3.05) is 9.44 Å². The van der Waals surface area contributed by atoms with E-state index in [1.807, 2.05) is 0 Å². The number of phenols is 1. The monoisotopic (exact) mass is 430 g/mol. The lowest BCUT2D eigenvalue weighted by molar-refractivity contribution is 0.477. The zero-order chi connectivity index (χ0) is 20.6. The standard InChI is InChI=1S/C20H18N2O5S2/c1-2-15-8-11-18(12-9-15)27-28(24)21-16-10-13-20(23)19(14-16)22-29(25)26-17-6-4-3-5-7-17/h2-14,21-23H,1H2. The molecule has 0 aromatic heterocycles. The van der Waals surface area contributed by atoms with Crippen molar-refractivity contribution in [1.29, 1.82) is 0 Å². The third kappa shape index (κ3) is 6.09. The van der Waals surface area contributed by atoms with E-state index < -0.39 is 22.5 Å². The molecule has 29 heavy (non-hydrogen) atoms. The van der Waals surface area contributed by atoms with Crippen LogP contribution in [-0.4, -0.2) is 13.5 Å². The number of para-hydroxylation sites is 1. The third-order valence-corrected chi connectivity index (χ3v) is 5.07. The Labute approximate surface area is 173 Å². The highest BCUT2D eigenvalue weighted by Crippen LogP contribution is 2.28. The predicted octanol–water partition coefficient (Wildman–Crippen LogP) is 4.17. The second-order valence-electron chi connectivity index (χ2n) is 5.66. The molecule has 7 nitrogen and oxygen atoms in total. The number of hydrogen-bond donors (Lipinski definition) is 3. The lowest BCUT2D eigenvalue weighted by Crippen LogP contribution is -2.13. The van der Waals surface area contributed by atoms with Crippen LogP contribution >= 0.6 is 0 Å². The van der Waals surface area contributed by atoms with Crippen LogP contribution in [0.5, 0.6) is 17.2 Å². The van der Waals surface area contributed by atoms with Crippen molar-refractivity contribution < 1.29 is 21.9 Å². The summed E-state index contributed by atoms with van der Waals surface area (Å²) in [6.45, 7) is 3.67. The van der Waals surface area contributed by atoms with Crippen LogP contribution in [0.1, 0.15) is 5.56 Å². The average molecular weight is 431 g/mol. The van der Waals surface area contributed by atoms with E-state index in [0.29, 0.717) is 17.2 Å². The number of benzene rings is 3. The van der Waals surface area contributed by atoms with E-state index in [9.17, 15) is 13.5 Å². The molecule has 0 saturated carbocycles. The van der Waals surface area contributed by atoms with Gasteiger partial charge in [0, 0.05) is 0 Å². The maximum Gasteiger partial charge on any atom is 0.316 e. The first kappa shape index (κ1) is 20.4. The summed E-state index contributed by atoms with van der Waals surface area (Å²) in [4.78, 5) is 0. The summed E-state index contributed by atoms with van der Waals surface area (Å²) in [7, 11) is 0. The summed E-state index contributed by atoms with van der Waals surface area (Å²) >= 11 is -3.82. The molecule has 3 N–H and O–H groups in total. The summed E-state index contributed by atoms with van der Waals surface area (Å²) in [5.41, 5.74) is 1.43. The third-order valence-electron chi connectivity index (χ3n) is 3.59. The molecule has 0 aliphatic carbocycles. The topological polar surface area (TPSA) is 96.9 Å². The minimum Gasteiger partial charge on any atom is -0.506 e. The maximum absolute atomic E-state index is 12.2. The van der Waals surface area contributed by atoms with Gasteiger partial charge in [0.2, 0.25) is 0 Å². The fourth-order valence-corrected chi connectivity index (χ4v) is 3.54. The van der Waals surface area contributed by atoms with Gasteiger partial charge in [-0.2, -0.15) is 8.42 Å². The highest BCUT2D eigenvalue weighted by molar-refractivity contribution is 7.82. The Morgan fingerprint density at radius 3 is 2.10 bits per heavy atom. The Balaban J connectivity index is 1.62. The largest absolute Gasteiger partial charge is 0.506 e. The summed E-state index contributed by atoms with van der Waals surface area (Å²) in [5.74, 6) is 0.673. The normalized spacial score (nSPS) is 12.4. The minimum atomic E-state index is -1.94. The molecule has 2 unspecified atom stereocenters. The van der Waals surface area contributed by atoms with Crippen LogP contribution in [0.15, 0.2) is 79.4 Å². The lowest BCUT2D eigenvalue weighted by atomic mass is 10.2. The van der Waals surface area contributed by atoms with Gasteiger partial charge in [0.1, 0.15) is 17.2 Å². The molecule has 0 aliphatic rings. The van der Waals surface area contributed by atoms with Gasteiger partial charge in [-0.1, -0.05) is 43.0 Å². The quantitative estimate of drug-likeness (QED) is 0.350. The number of phenolic OH excluding ortho intramolecular Hbond substituents is 1. The SMILES string of the molecule is C=Cc1ccc(OS(=O)Nc2ccc(O)c(NS(=O)Oc3ccccc3)c2)cc1. The molecule has 0 saturated heterocycles. The molecular weight excluding hydrogens is 412 g/mol. The first-order chi connectivity index (χ1) is 14.0. The van der Waals surface area contributed by atoms with Gasteiger partial charge >= 0.3 is 22.5 Å². The minimum absolute atomic E-state index is 0.136. The number of rotatable bonds is 9. The Hall–Kier alpha value is -3.30. The first-order valence-electron chi connectivity index (χ1n) is 8.37. The van der Waals surface area contributed by atoms with Crippen LogP contribution in [0.3, 0.4) is 0 Å². The van der Waals surface area contributed by atoms with E-state index in [2.05, 4.69) is 16.0 Å². The summed E-state index contributed by atoms with van der Waals surface area (Å²) in [6, 6.07) is 19.8. The second kappa shape index (κ2) is 9.76. The van der Waals surface area contributed by atoms with Crippen molar-refractivity contribution in [3.63, 3.8) is 0 Å². The van der Waals surface area contributed by atoms with Gasteiger partial charge in [-0.05, 0) is 48.0 Å². The molecule has 0 spiro atoms. The zero-order valence-corrected chi connectivity index (χ0v) is 16.7. The molecule has 0 amide bonds. The van der Waals surface area contributed by atoms with Crippen molar-refractivity contribution in [2.45, 2.75) is 0 Å². The van der Waals surface area contributed by atoms with Crippen molar-refractivity contribution >= 4 is 40.0 Å². The van der Waals surface area contributed by atoms with Crippen LogP contribution < -0.4 is 17.8 Å². The van der Waals surface area contributed by atoms with Gasteiger partial charge in [0.15, 0.2) is 0 Å². The number of aromatic hydroxyl groups is 1. The van der Waals surface area contributed by atoms with E-state index >= 15 is 0 Å². The lowest BCUT2D eigenvalue weighted by Gasteiger charge is -2.11. The molecule has 0 bridgehead atoms. The maximum atomic E-state index is 12.2. The smallest absolute Gasteiger partial charge is 0.316 e. The predicted molar refractivity (Wildman–Crippen MR) is 116 cm³/mol. The van der Waals surface area contributed by atoms with Crippen LogP contribution in [0.2, 0.25) is 0 Å². The fourth-order valence-electron chi connectivity index (χ4n) is 2.22. The van der Waals surface area contributed by atoms with Gasteiger partial charge in [0.05, 0.1) is 11.4 Å². The molecule has 2 atom stereocenters. The van der Waals surface area contributed by atoms with Crippen molar-refractivity contribution in [2.24, 2.45) is 0 Å². The summed E-state index contributed by atoms with van der Waals surface area (Å²) in [6.07, 6.45) is 1.69. The van der Waals surface area contributed by atoms with E-state index in [4.69, 9.17) is 8.37 Å². The van der Waals surface area contributed by atoms with Crippen LogP contribution in [0, 0.1) is 0 Å². The summed E-state index contributed by atoms with van der Waals surface area (Å²) in [5, 5.41) is 9.97. The number of hydrogen-bond acceptors (Lipinski definition) is 5.